The van der Waals surface area contributed by atoms with Gasteiger partial charge in [-0.3, -0.25) is 0 Å². The van der Waals surface area contributed by atoms with Crippen LogP contribution < -0.4 is 10.1 Å². The van der Waals surface area contributed by atoms with E-state index in [2.05, 4.69) is 22.6 Å². The average molecular weight is 323 g/mol. The molecule has 1 N–H and O–H groups in total. The topological polar surface area (TPSA) is 34.1 Å². The quantitative estimate of drug-likeness (QED) is 0.830. The lowest BCUT2D eigenvalue weighted by Gasteiger charge is -2.13. The van der Waals surface area contributed by atoms with Gasteiger partial charge in [-0.25, -0.2) is 4.98 Å². The maximum atomic E-state index is 6.31. The summed E-state index contributed by atoms with van der Waals surface area (Å²) in [6.07, 6.45) is 3.50. The van der Waals surface area contributed by atoms with Crippen molar-refractivity contribution in [1.82, 2.24) is 10.3 Å². The third kappa shape index (κ3) is 3.96. The summed E-state index contributed by atoms with van der Waals surface area (Å²) < 4.78 is 5.93. The van der Waals surface area contributed by atoms with Crippen molar-refractivity contribution in [2.75, 3.05) is 0 Å². The predicted molar refractivity (Wildman–Crippen MR) is 87.1 cm³/mol. The number of hydrogen-bond donors (Lipinski definition) is 1. The summed E-state index contributed by atoms with van der Waals surface area (Å²) in [5.41, 5.74) is 2.02. The molecule has 0 radical (unpaired) electrons. The fourth-order valence-corrected chi connectivity index (χ4v) is 3.07. The standard InChI is InChI=1S/C16H19ClN2OS/c1-2-16-19-12(10-21-16)9-20-15-5-3-4-14(17)13(15)8-18-11-6-7-11/h3-5,10-11,18H,2,6-9H2,1H3. The molecular weight excluding hydrogens is 304 g/mol. The first-order valence-corrected chi connectivity index (χ1v) is 8.59. The normalized spacial score (nSPS) is 14.4. The van der Waals surface area contributed by atoms with Crippen LogP contribution in [0.2, 0.25) is 5.02 Å². The van der Waals surface area contributed by atoms with Gasteiger partial charge < -0.3 is 10.1 Å². The first-order valence-electron chi connectivity index (χ1n) is 7.33. The molecule has 3 rings (SSSR count). The zero-order chi connectivity index (χ0) is 14.7. The van der Waals surface area contributed by atoms with Gasteiger partial charge in [0.05, 0.1) is 10.7 Å². The van der Waals surface area contributed by atoms with Crippen LogP contribution in [0.1, 0.15) is 36.0 Å². The van der Waals surface area contributed by atoms with Gasteiger partial charge in [-0.15, -0.1) is 11.3 Å². The molecule has 5 heteroatoms. The minimum absolute atomic E-state index is 0.493. The van der Waals surface area contributed by atoms with Crippen molar-refractivity contribution in [3.05, 3.63) is 44.9 Å². The summed E-state index contributed by atoms with van der Waals surface area (Å²) in [7, 11) is 0. The lowest BCUT2D eigenvalue weighted by Crippen LogP contribution is -2.16. The van der Waals surface area contributed by atoms with Gasteiger partial charge in [-0.05, 0) is 31.4 Å². The van der Waals surface area contributed by atoms with Gasteiger partial charge in [0.25, 0.3) is 0 Å². The van der Waals surface area contributed by atoms with Crippen molar-refractivity contribution < 1.29 is 4.74 Å². The molecule has 3 nitrogen and oxygen atoms in total. The lowest BCUT2D eigenvalue weighted by atomic mass is 10.2. The Balaban J connectivity index is 1.66. The fourth-order valence-electron chi connectivity index (χ4n) is 2.11. The van der Waals surface area contributed by atoms with E-state index in [1.807, 2.05) is 18.2 Å². The van der Waals surface area contributed by atoms with Crippen LogP contribution in [-0.2, 0) is 19.6 Å². The van der Waals surface area contributed by atoms with Crippen LogP contribution >= 0.6 is 22.9 Å². The monoisotopic (exact) mass is 322 g/mol. The summed E-state index contributed by atoms with van der Waals surface area (Å²) in [6.45, 7) is 3.37. The Labute approximate surface area is 134 Å². The predicted octanol–water partition coefficient (Wildman–Crippen LogP) is 4.19. The fraction of sp³-hybridized carbons (Fsp3) is 0.438. The number of rotatable bonds is 7. The highest BCUT2D eigenvalue weighted by atomic mass is 35.5. The maximum absolute atomic E-state index is 6.31. The van der Waals surface area contributed by atoms with Crippen LogP contribution in [0.25, 0.3) is 0 Å². The highest BCUT2D eigenvalue weighted by Crippen LogP contribution is 2.29. The van der Waals surface area contributed by atoms with Crippen molar-refractivity contribution in [2.45, 2.75) is 45.4 Å². The van der Waals surface area contributed by atoms with Gasteiger partial charge in [0.1, 0.15) is 12.4 Å². The van der Waals surface area contributed by atoms with Crippen LogP contribution in [0.5, 0.6) is 5.75 Å². The Hall–Kier alpha value is -1.10. The molecule has 1 aliphatic rings. The number of nitrogens with one attached hydrogen (secondary N) is 1. The zero-order valence-electron chi connectivity index (χ0n) is 12.1. The van der Waals surface area contributed by atoms with E-state index in [0.717, 1.165) is 40.0 Å². The Morgan fingerprint density at radius 1 is 1.43 bits per heavy atom. The second kappa shape index (κ2) is 6.77. The lowest BCUT2D eigenvalue weighted by molar-refractivity contribution is 0.298. The first kappa shape index (κ1) is 14.8. The molecule has 21 heavy (non-hydrogen) atoms. The Kier molecular flexibility index (Phi) is 4.78. The first-order chi connectivity index (χ1) is 10.3. The zero-order valence-corrected chi connectivity index (χ0v) is 13.6. The van der Waals surface area contributed by atoms with Gasteiger partial charge in [0, 0.05) is 28.6 Å². The second-order valence-electron chi connectivity index (χ2n) is 5.25. The molecule has 0 amide bonds. The number of aryl methyl sites for hydroxylation is 1. The molecule has 2 aromatic rings. The van der Waals surface area contributed by atoms with E-state index in [-0.39, 0.29) is 0 Å². The number of halogens is 1. The minimum atomic E-state index is 0.493. The Bertz CT molecular complexity index is 610. The number of nitrogens with zero attached hydrogens (tertiary/aromatic N) is 1. The molecule has 1 saturated carbocycles. The largest absolute Gasteiger partial charge is 0.487 e. The molecule has 0 aliphatic heterocycles. The summed E-state index contributed by atoms with van der Waals surface area (Å²) in [5.74, 6) is 0.849. The molecule has 1 aromatic carbocycles. The van der Waals surface area contributed by atoms with Gasteiger partial charge in [-0.1, -0.05) is 24.6 Å². The molecule has 1 aromatic heterocycles. The Morgan fingerprint density at radius 3 is 3.00 bits per heavy atom. The summed E-state index contributed by atoms with van der Waals surface area (Å²) >= 11 is 7.99. The molecule has 0 spiro atoms. The molecule has 0 bridgehead atoms. The van der Waals surface area contributed by atoms with Crippen molar-refractivity contribution in [2.24, 2.45) is 0 Å². The molecule has 0 atom stereocenters. The second-order valence-corrected chi connectivity index (χ2v) is 6.60. The summed E-state index contributed by atoms with van der Waals surface area (Å²) in [6, 6.07) is 6.47. The van der Waals surface area contributed by atoms with E-state index < -0.39 is 0 Å². The van der Waals surface area contributed by atoms with E-state index in [1.54, 1.807) is 11.3 Å². The van der Waals surface area contributed by atoms with E-state index in [0.29, 0.717) is 12.6 Å². The Morgan fingerprint density at radius 2 is 2.29 bits per heavy atom. The summed E-state index contributed by atoms with van der Waals surface area (Å²) in [4.78, 5) is 4.53. The molecule has 0 saturated heterocycles. The van der Waals surface area contributed by atoms with Crippen molar-refractivity contribution in [3.8, 4) is 5.75 Å². The molecule has 1 fully saturated rings. The number of thiazole rings is 1. The molecule has 1 heterocycles. The van der Waals surface area contributed by atoms with Crippen molar-refractivity contribution in [3.63, 3.8) is 0 Å². The van der Waals surface area contributed by atoms with Crippen LogP contribution in [0.4, 0.5) is 0 Å². The number of benzene rings is 1. The maximum Gasteiger partial charge on any atom is 0.131 e. The van der Waals surface area contributed by atoms with Crippen LogP contribution in [0.15, 0.2) is 23.6 Å². The number of aromatic nitrogens is 1. The highest BCUT2D eigenvalue weighted by molar-refractivity contribution is 7.09. The molecule has 1 aliphatic carbocycles. The van der Waals surface area contributed by atoms with Crippen LogP contribution in [0.3, 0.4) is 0 Å². The van der Waals surface area contributed by atoms with Gasteiger partial charge in [0.2, 0.25) is 0 Å². The smallest absolute Gasteiger partial charge is 0.131 e. The van der Waals surface area contributed by atoms with E-state index >= 15 is 0 Å². The van der Waals surface area contributed by atoms with Crippen molar-refractivity contribution in [1.29, 1.82) is 0 Å². The third-order valence-electron chi connectivity index (χ3n) is 3.50. The van der Waals surface area contributed by atoms with Crippen LogP contribution in [0, 0.1) is 0 Å². The summed E-state index contributed by atoms with van der Waals surface area (Å²) in [5, 5.41) is 7.45. The molecular formula is C16H19ClN2OS. The number of ether oxygens (including phenoxy) is 1. The third-order valence-corrected chi connectivity index (χ3v) is 4.89. The van der Waals surface area contributed by atoms with Crippen molar-refractivity contribution >= 4 is 22.9 Å². The average Bonchev–Trinajstić information content (AvgIpc) is 3.20. The van der Waals surface area contributed by atoms with E-state index in [1.165, 1.54) is 12.8 Å². The molecule has 0 unspecified atom stereocenters. The minimum Gasteiger partial charge on any atom is -0.487 e. The van der Waals surface area contributed by atoms with E-state index in [9.17, 15) is 0 Å². The van der Waals surface area contributed by atoms with Gasteiger partial charge >= 0.3 is 0 Å². The number of hydrogen-bond acceptors (Lipinski definition) is 4. The highest BCUT2D eigenvalue weighted by Gasteiger charge is 2.21. The van der Waals surface area contributed by atoms with Crippen LogP contribution in [-0.4, -0.2) is 11.0 Å². The van der Waals surface area contributed by atoms with Gasteiger partial charge in [-0.2, -0.15) is 0 Å². The van der Waals surface area contributed by atoms with E-state index in [4.69, 9.17) is 16.3 Å². The van der Waals surface area contributed by atoms with Gasteiger partial charge in [0.15, 0.2) is 0 Å². The SMILES string of the molecule is CCc1nc(COc2cccc(Cl)c2CNC2CC2)cs1. The molecule has 112 valence electrons.